The standard InChI is InChI=1S/C18H16F3N3O3/c1-10-13(22-6-5-16(10)27-9-18(19,20)21)8-15(25)17-23-12-4-3-11(26-2)7-14(12)24-17/h3-7H,8-9H2,1-2H3,(H,23,24). The lowest BCUT2D eigenvalue weighted by molar-refractivity contribution is -0.153. The number of carbonyl (C=O) groups excluding carboxylic acids is 1. The summed E-state index contributed by atoms with van der Waals surface area (Å²) in [5.74, 6) is 0.464. The zero-order chi connectivity index (χ0) is 19.6. The molecule has 0 radical (unpaired) electrons. The van der Waals surface area contributed by atoms with Crippen molar-refractivity contribution in [1.82, 2.24) is 15.0 Å². The van der Waals surface area contributed by atoms with Gasteiger partial charge < -0.3 is 14.5 Å². The second kappa shape index (κ2) is 7.26. The predicted molar refractivity (Wildman–Crippen MR) is 91.2 cm³/mol. The van der Waals surface area contributed by atoms with Crippen LogP contribution in [0, 0.1) is 6.92 Å². The molecule has 1 aromatic carbocycles. The average Bonchev–Trinajstić information content (AvgIpc) is 3.05. The first-order chi connectivity index (χ1) is 12.8. The molecule has 0 aliphatic rings. The lowest BCUT2D eigenvalue weighted by atomic mass is 10.1. The van der Waals surface area contributed by atoms with Crippen LogP contribution in [0.5, 0.6) is 11.5 Å². The van der Waals surface area contributed by atoms with Gasteiger partial charge >= 0.3 is 6.18 Å². The number of hydrogen-bond donors (Lipinski definition) is 1. The molecular formula is C18H16F3N3O3. The van der Waals surface area contributed by atoms with E-state index in [9.17, 15) is 18.0 Å². The van der Waals surface area contributed by atoms with Gasteiger partial charge in [0.05, 0.1) is 30.3 Å². The summed E-state index contributed by atoms with van der Waals surface area (Å²) in [5, 5.41) is 0. The number of benzene rings is 1. The number of alkyl halides is 3. The fourth-order valence-electron chi connectivity index (χ4n) is 2.54. The maximum Gasteiger partial charge on any atom is 0.422 e. The number of nitrogens with one attached hydrogen (secondary N) is 1. The Morgan fingerprint density at radius 3 is 2.74 bits per heavy atom. The SMILES string of the molecule is COc1ccc2nc(C(=O)Cc3nccc(OCC(F)(F)F)c3C)[nH]c2c1. The molecule has 0 bridgehead atoms. The summed E-state index contributed by atoms with van der Waals surface area (Å²) in [5.41, 5.74) is 1.96. The highest BCUT2D eigenvalue weighted by Gasteiger charge is 2.29. The largest absolute Gasteiger partial charge is 0.497 e. The van der Waals surface area contributed by atoms with E-state index in [1.54, 1.807) is 25.1 Å². The molecule has 0 spiro atoms. The highest BCUT2D eigenvalue weighted by Crippen LogP contribution is 2.24. The number of Topliss-reactive ketones (excluding diaryl/α,β-unsaturated/α-hetero) is 1. The van der Waals surface area contributed by atoms with Gasteiger partial charge in [-0.15, -0.1) is 0 Å². The monoisotopic (exact) mass is 379 g/mol. The van der Waals surface area contributed by atoms with E-state index in [0.29, 0.717) is 28.0 Å². The average molecular weight is 379 g/mol. The molecule has 2 aromatic heterocycles. The molecule has 3 rings (SSSR count). The molecule has 0 aliphatic heterocycles. The zero-order valence-electron chi connectivity index (χ0n) is 14.6. The molecule has 1 N–H and O–H groups in total. The highest BCUT2D eigenvalue weighted by atomic mass is 19.4. The molecule has 0 aliphatic carbocycles. The number of hydrogen-bond acceptors (Lipinski definition) is 5. The van der Waals surface area contributed by atoms with Gasteiger partial charge in [-0.2, -0.15) is 13.2 Å². The minimum absolute atomic E-state index is 0.0412. The van der Waals surface area contributed by atoms with Crippen LogP contribution in [0.3, 0.4) is 0 Å². The Morgan fingerprint density at radius 2 is 2.04 bits per heavy atom. The van der Waals surface area contributed by atoms with Gasteiger partial charge in [0.2, 0.25) is 5.78 Å². The second-order valence-corrected chi connectivity index (χ2v) is 5.85. The molecule has 9 heteroatoms. The van der Waals surface area contributed by atoms with Gasteiger partial charge in [0.15, 0.2) is 12.4 Å². The molecule has 6 nitrogen and oxygen atoms in total. The number of nitrogens with zero attached hydrogens (tertiary/aromatic N) is 2. The molecule has 0 saturated heterocycles. The lowest BCUT2D eigenvalue weighted by Crippen LogP contribution is -2.20. The third-order valence-electron chi connectivity index (χ3n) is 3.93. The van der Waals surface area contributed by atoms with Crippen molar-refractivity contribution in [1.29, 1.82) is 0 Å². The van der Waals surface area contributed by atoms with Crippen LogP contribution in [-0.2, 0) is 6.42 Å². The van der Waals surface area contributed by atoms with E-state index in [-0.39, 0.29) is 23.8 Å². The number of aromatic nitrogens is 3. The van der Waals surface area contributed by atoms with Crippen LogP contribution in [0.4, 0.5) is 13.2 Å². The van der Waals surface area contributed by atoms with E-state index in [0.717, 1.165) is 0 Å². The summed E-state index contributed by atoms with van der Waals surface area (Å²) in [4.78, 5) is 23.8. The van der Waals surface area contributed by atoms with E-state index < -0.39 is 12.8 Å². The number of ether oxygens (including phenoxy) is 2. The number of ketones is 1. The first kappa shape index (κ1) is 18.7. The number of imidazole rings is 1. The van der Waals surface area contributed by atoms with Crippen LogP contribution in [-0.4, -0.2) is 40.6 Å². The molecule has 3 aromatic rings. The van der Waals surface area contributed by atoms with Gasteiger partial charge in [-0.25, -0.2) is 4.98 Å². The Labute approximate surface area is 152 Å². The topological polar surface area (TPSA) is 77.1 Å². The fourth-order valence-corrected chi connectivity index (χ4v) is 2.54. The number of pyridine rings is 1. The molecule has 0 atom stereocenters. The summed E-state index contributed by atoms with van der Waals surface area (Å²) in [6.07, 6.45) is -3.25. The first-order valence-electron chi connectivity index (χ1n) is 7.98. The van der Waals surface area contributed by atoms with Gasteiger partial charge in [-0.3, -0.25) is 9.78 Å². The molecule has 0 amide bonds. The van der Waals surface area contributed by atoms with Crippen molar-refractivity contribution in [3.8, 4) is 11.5 Å². The second-order valence-electron chi connectivity index (χ2n) is 5.85. The molecule has 142 valence electrons. The van der Waals surface area contributed by atoms with Crippen molar-refractivity contribution in [2.24, 2.45) is 0 Å². The van der Waals surface area contributed by atoms with Crippen molar-refractivity contribution in [2.75, 3.05) is 13.7 Å². The molecule has 0 unspecified atom stereocenters. The van der Waals surface area contributed by atoms with Crippen LogP contribution in [0.15, 0.2) is 30.5 Å². The van der Waals surface area contributed by atoms with E-state index in [2.05, 4.69) is 15.0 Å². The Bertz CT molecular complexity index is 983. The number of carbonyl (C=O) groups is 1. The lowest BCUT2D eigenvalue weighted by Gasteiger charge is -2.13. The first-order valence-corrected chi connectivity index (χ1v) is 7.98. The minimum atomic E-state index is -4.44. The van der Waals surface area contributed by atoms with E-state index in [1.165, 1.54) is 19.4 Å². The Morgan fingerprint density at radius 1 is 1.26 bits per heavy atom. The van der Waals surface area contributed by atoms with Crippen LogP contribution < -0.4 is 9.47 Å². The van der Waals surface area contributed by atoms with Gasteiger partial charge in [-0.1, -0.05) is 0 Å². The van der Waals surface area contributed by atoms with Gasteiger partial charge in [-0.05, 0) is 25.1 Å². The number of fused-ring (bicyclic) bond motifs is 1. The Hall–Kier alpha value is -3.10. The number of aromatic amines is 1. The van der Waals surface area contributed by atoms with Crippen LogP contribution in [0.1, 0.15) is 21.9 Å². The van der Waals surface area contributed by atoms with E-state index in [1.807, 2.05) is 0 Å². The zero-order valence-corrected chi connectivity index (χ0v) is 14.6. The Kier molecular flexibility index (Phi) is 5.02. The van der Waals surface area contributed by atoms with Crippen LogP contribution >= 0.6 is 0 Å². The number of methoxy groups -OCH3 is 1. The summed E-state index contributed by atoms with van der Waals surface area (Å²) >= 11 is 0. The maximum absolute atomic E-state index is 12.5. The third-order valence-corrected chi connectivity index (χ3v) is 3.93. The van der Waals surface area contributed by atoms with Crippen molar-refractivity contribution < 1.29 is 27.4 Å². The van der Waals surface area contributed by atoms with E-state index in [4.69, 9.17) is 9.47 Å². The third kappa shape index (κ3) is 4.36. The molecule has 0 saturated carbocycles. The van der Waals surface area contributed by atoms with Gasteiger partial charge in [0.25, 0.3) is 0 Å². The normalized spacial score (nSPS) is 11.6. The van der Waals surface area contributed by atoms with Crippen molar-refractivity contribution >= 4 is 16.8 Å². The van der Waals surface area contributed by atoms with Crippen molar-refractivity contribution in [3.05, 3.63) is 47.5 Å². The van der Waals surface area contributed by atoms with Crippen molar-refractivity contribution in [2.45, 2.75) is 19.5 Å². The molecule has 2 heterocycles. The summed E-state index contributed by atoms with van der Waals surface area (Å²) in [7, 11) is 1.53. The highest BCUT2D eigenvalue weighted by molar-refractivity contribution is 5.97. The smallest absolute Gasteiger partial charge is 0.422 e. The van der Waals surface area contributed by atoms with Crippen LogP contribution in [0.25, 0.3) is 11.0 Å². The Balaban J connectivity index is 1.79. The molecule has 27 heavy (non-hydrogen) atoms. The van der Waals surface area contributed by atoms with E-state index >= 15 is 0 Å². The summed E-state index contributed by atoms with van der Waals surface area (Å²) in [6, 6.07) is 6.50. The number of H-pyrrole nitrogens is 1. The minimum Gasteiger partial charge on any atom is -0.497 e. The maximum atomic E-state index is 12.5. The molecular weight excluding hydrogens is 363 g/mol. The van der Waals surface area contributed by atoms with Gasteiger partial charge in [0.1, 0.15) is 11.5 Å². The molecule has 0 fully saturated rings. The number of rotatable bonds is 6. The quantitative estimate of drug-likeness (QED) is 0.662. The number of halogens is 3. The fraction of sp³-hybridized carbons (Fsp3) is 0.278. The van der Waals surface area contributed by atoms with Crippen molar-refractivity contribution in [3.63, 3.8) is 0 Å². The van der Waals surface area contributed by atoms with Gasteiger partial charge in [0, 0.05) is 17.8 Å². The van der Waals surface area contributed by atoms with Crippen LogP contribution in [0.2, 0.25) is 0 Å². The summed E-state index contributed by atoms with van der Waals surface area (Å²) in [6.45, 7) is 0.154. The summed E-state index contributed by atoms with van der Waals surface area (Å²) < 4.78 is 46.9. The predicted octanol–water partition coefficient (Wildman–Crippen LogP) is 3.64.